The standard InChI is InChI=1S/C10H11N3O2/c1-14-10-9(3-2-4-12-10)13-6-8-5-11-7-15-8/h2-5,7,13H,6H2,1H3. The third-order valence-electron chi connectivity index (χ3n) is 1.90. The largest absolute Gasteiger partial charge is 0.480 e. The smallest absolute Gasteiger partial charge is 0.237 e. The van der Waals surface area contributed by atoms with Gasteiger partial charge >= 0.3 is 0 Å². The molecule has 15 heavy (non-hydrogen) atoms. The second-order valence-electron chi connectivity index (χ2n) is 2.88. The van der Waals surface area contributed by atoms with E-state index in [1.54, 1.807) is 19.5 Å². The Morgan fingerprint density at radius 3 is 3.20 bits per heavy atom. The van der Waals surface area contributed by atoms with E-state index in [0.29, 0.717) is 12.4 Å². The van der Waals surface area contributed by atoms with Crippen molar-refractivity contribution in [3.63, 3.8) is 0 Å². The molecule has 5 nitrogen and oxygen atoms in total. The molecule has 0 bridgehead atoms. The molecule has 0 amide bonds. The van der Waals surface area contributed by atoms with Crippen molar-refractivity contribution in [1.29, 1.82) is 0 Å². The molecule has 0 fully saturated rings. The van der Waals surface area contributed by atoms with Crippen molar-refractivity contribution < 1.29 is 9.15 Å². The lowest BCUT2D eigenvalue weighted by atomic mass is 10.4. The highest BCUT2D eigenvalue weighted by atomic mass is 16.5. The van der Waals surface area contributed by atoms with Gasteiger partial charge in [-0.1, -0.05) is 0 Å². The molecule has 1 N–H and O–H groups in total. The summed E-state index contributed by atoms with van der Waals surface area (Å²) in [4.78, 5) is 7.89. The molecule has 0 unspecified atom stereocenters. The van der Waals surface area contributed by atoms with Gasteiger partial charge in [0.05, 0.1) is 25.5 Å². The van der Waals surface area contributed by atoms with Crippen LogP contribution < -0.4 is 10.1 Å². The highest BCUT2D eigenvalue weighted by molar-refractivity contribution is 5.51. The zero-order valence-electron chi connectivity index (χ0n) is 8.30. The van der Waals surface area contributed by atoms with Crippen LogP contribution in [0.3, 0.4) is 0 Å². The predicted molar refractivity (Wildman–Crippen MR) is 54.6 cm³/mol. The summed E-state index contributed by atoms with van der Waals surface area (Å²) in [5.41, 5.74) is 0.830. The van der Waals surface area contributed by atoms with Crippen molar-refractivity contribution >= 4 is 5.69 Å². The molecule has 0 aliphatic rings. The molecule has 0 radical (unpaired) electrons. The van der Waals surface area contributed by atoms with E-state index in [9.17, 15) is 0 Å². The van der Waals surface area contributed by atoms with Crippen molar-refractivity contribution in [2.24, 2.45) is 0 Å². The number of hydrogen-bond donors (Lipinski definition) is 1. The number of oxazole rings is 1. The SMILES string of the molecule is COc1ncccc1NCc1cnco1. The molecule has 2 aromatic rings. The van der Waals surface area contributed by atoms with Gasteiger partial charge in [-0.15, -0.1) is 0 Å². The summed E-state index contributed by atoms with van der Waals surface area (Å²) in [6.45, 7) is 0.558. The van der Waals surface area contributed by atoms with Gasteiger partial charge in [-0.3, -0.25) is 0 Å². The van der Waals surface area contributed by atoms with E-state index in [2.05, 4.69) is 15.3 Å². The monoisotopic (exact) mass is 205 g/mol. The first kappa shape index (κ1) is 9.51. The van der Waals surface area contributed by atoms with E-state index in [1.165, 1.54) is 6.39 Å². The Morgan fingerprint density at radius 2 is 2.47 bits per heavy atom. The van der Waals surface area contributed by atoms with Crippen LogP contribution in [0.15, 0.2) is 35.3 Å². The lowest BCUT2D eigenvalue weighted by molar-refractivity contribution is 0.399. The van der Waals surface area contributed by atoms with E-state index in [-0.39, 0.29) is 0 Å². The number of anilines is 1. The summed E-state index contributed by atoms with van der Waals surface area (Å²) in [6, 6.07) is 3.73. The molecule has 0 aliphatic heterocycles. The molecule has 0 aliphatic carbocycles. The third kappa shape index (κ3) is 2.25. The fourth-order valence-corrected chi connectivity index (χ4v) is 1.20. The Labute approximate surface area is 87.1 Å². The van der Waals surface area contributed by atoms with Crippen LogP contribution in [-0.4, -0.2) is 17.1 Å². The summed E-state index contributed by atoms with van der Waals surface area (Å²) in [6.07, 6.45) is 4.74. The molecule has 2 heterocycles. The Hall–Kier alpha value is -2.04. The van der Waals surface area contributed by atoms with Crippen molar-refractivity contribution in [2.45, 2.75) is 6.54 Å². The number of rotatable bonds is 4. The molecule has 0 aromatic carbocycles. The number of pyridine rings is 1. The van der Waals surface area contributed by atoms with E-state index in [0.717, 1.165) is 11.4 Å². The Balaban J connectivity index is 2.04. The quantitative estimate of drug-likeness (QED) is 0.823. The number of aromatic nitrogens is 2. The summed E-state index contributed by atoms with van der Waals surface area (Å²) in [5, 5.41) is 3.15. The molecule has 2 aromatic heterocycles. The second kappa shape index (κ2) is 4.45. The summed E-state index contributed by atoms with van der Waals surface area (Å²) >= 11 is 0. The Bertz CT molecular complexity index is 414. The van der Waals surface area contributed by atoms with Crippen molar-refractivity contribution in [3.8, 4) is 5.88 Å². The maximum atomic E-state index is 5.10. The van der Waals surface area contributed by atoms with Crippen LogP contribution in [0.2, 0.25) is 0 Å². The number of ether oxygens (including phenoxy) is 1. The van der Waals surface area contributed by atoms with Crippen LogP contribution in [0.25, 0.3) is 0 Å². The van der Waals surface area contributed by atoms with E-state index in [1.807, 2.05) is 12.1 Å². The van der Waals surface area contributed by atoms with E-state index < -0.39 is 0 Å². The van der Waals surface area contributed by atoms with Gasteiger partial charge in [0, 0.05) is 6.20 Å². The first-order chi connectivity index (χ1) is 7.40. The first-order valence-electron chi connectivity index (χ1n) is 4.50. The highest BCUT2D eigenvalue weighted by Crippen LogP contribution is 2.20. The molecular weight excluding hydrogens is 194 g/mol. The maximum absolute atomic E-state index is 5.10. The average Bonchev–Trinajstić information content (AvgIpc) is 2.79. The predicted octanol–water partition coefficient (Wildman–Crippen LogP) is 1.69. The summed E-state index contributed by atoms with van der Waals surface area (Å²) in [7, 11) is 1.59. The minimum absolute atomic E-state index is 0.558. The fourth-order valence-electron chi connectivity index (χ4n) is 1.20. The topological polar surface area (TPSA) is 60.2 Å². The fraction of sp³-hybridized carbons (Fsp3) is 0.200. The number of hydrogen-bond acceptors (Lipinski definition) is 5. The van der Waals surface area contributed by atoms with Crippen molar-refractivity contribution in [1.82, 2.24) is 9.97 Å². The van der Waals surface area contributed by atoms with Gasteiger partial charge in [0.2, 0.25) is 5.88 Å². The number of nitrogens with one attached hydrogen (secondary N) is 1. The molecule has 0 spiro atoms. The normalized spacial score (nSPS) is 9.93. The van der Waals surface area contributed by atoms with Crippen LogP contribution in [0.5, 0.6) is 5.88 Å². The highest BCUT2D eigenvalue weighted by Gasteiger charge is 2.03. The van der Waals surface area contributed by atoms with Crippen molar-refractivity contribution in [3.05, 3.63) is 36.7 Å². The molecule has 5 heteroatoms. The van der Waals surface area contributed by atoms with Gasteiger partial charge in [0.25, 0.3) is 0 Å². The van der Waals surface area contributed by atoms with Crippen LogP contribution >= 0.6 is 0 Å². The average molecular weight is 205 g/mol. The summed E-state index contributed by atoms with van der Waals surface area (Å²) < 4.78 is 10.2. The summed E-state index contributed by atoms with van der Waals surface area (Å²) in [5.74, 6) is 1.33. The lowest BCUT2D eigenvalue weighted by Crippen LogP contribution is -2.01. The van der Waals surface area contributed by atoms with Crippen LogP contribution in [0, 0.1) is 0 Å². The second-order valence-corrected chi connectivity index (χ2v) is 2.88. The Morgan fingerprint density at radius 1 is 1.53 bits per heavy atom. The van der Waals surface area contributed by atoms with Crippen LogP contribution in [0.1, 0.15) is 5.76 Å². The zero-order valence-corrected chi connectivity index (χ0v) is 8.30. The molecule has 0 saturated carbocycles. The van der Waals surface area contributed by atoms with Gasteiger partial charge in [-0.2, -0.15) is 0 Å². The number of methoxy groups -OCH3 is 1. The zero-order chi connectivity index (χ0) is 10.5. The molecule has 0 atom stereocenters. The van der Waals surface area contributed by atoms with E-state index >= 15 is 0 Å². The third-order valence-corrected chi connectivity index (χ3v) is 1.90. The van der Waals surface area contributed by atoms with Gasteiger partial charge in [0.15, 0.2) is 6.39 Å². The molecule has 0 saturated heterocycles. The minimum Gasteiger partial charge on any atom is -0.480 e. The number of nitrogens with zero attached hydrogens (tertiary/aromatic N) is 2. The Kier molecular flexibility index (Phi) is 2.82. The van der Waals surface area contributed by atoms with E-state index in [4.69, 9.17) is 9.15 Å². The van der Waals surface area contributed by atoms with Gasteiger partial charge < -0.3 is 14.5 Å². The van der Waals surface area contributed by atoms with Gasteiger partial charge in [-0.05, 0) is 12.1 Å². The van der Waals surface area contributed by atoms with Crippen molar-refractivity contribution in [2.75, 3.05) is 12.4 Å². The van der Waals surface area contributed by atoms with Crippen LogP contribution in [0.4, 0.5) is 5.69 Å². The molecule has 78 valence electrons. The first-order valence-corrected chi connectivity index (χ1v) is 4.50. The molecular formula is C10H11N3O2. The lowest BCUT2D eigenvalue weighted by Gasteiger charge is -2.07. The van der Waals surface area contributed by atoms with Gasteiger partial charge in [0.1, 0.15) is 5.76 Å². The maximum Gasteiger partial charge on any atom is 0.237 e. The minimum atomic E-state index is 0.558. The van der Waals surface area contributed by atoms with Gasteiger partial charge in [-0.25, -0.2) is 9.97 Å². The van der Waals surface area contributed by atoms with Crippen LogP contribution in [-0.2, 0) is 6.54 Å². The molecule has 2 rings (SSSR count).